The molecule has 0 radical (unpaired) electrons. The Morgan fingerprint density at radius 2 is 1.68 bits per heavy atom. The number of anilines is 2. The van der Waals surface area contributed by atoms with Crippen LogP contribution in [0.25, 0.3) is 0 Å². The maximum Gasteiger partial charge on any atom is 0.224 e. The molecular formula is C23H31N3O2. The van der Waals surface area contributed by atoms with Crippen LogP contribution in [0.3, 0.4) is 0 Å². The van der Waals surface area contributed by atoms with Crippen molar-refractivity contribution in [3.8, 4) is 0 Å². The Balaban J connectivity index is 2.39. The van der Waals surface area contributed by atoms with Crippen molar-refractivity contribution in [3.05, 3.63) is 59.7 Å². The van der Waals surface area contributed by atoms with Gasteiger partial charge in [-0.1, -0.05) is 44.2 Å². The second-order valence-electron chi connectivity index (χ2n) is 7.10. The largest absolute Gasteiger partial charge is 0.377 e. The van der Waals surface area contributed by atoms with Crippen LogP contribution in [0.4, 0.5) is 11.4 Å². The fourth-order valence-electron chi connectivity index (χ4n) is 3.21. The van der Waals surface area contributed by atoms with Crippen LogP contribution in [0.5, 0.6) is 0 Å². The number of nitrogens with one attached hydrogen (secondary N) is 1. The molecule has 2 aromatic carbocycles. The number of rotatable bonds is 8. The fourth-order valence-corrected chi connectivity index (χ4v) is 3.21. The molecule has 28 heavy (non-hydrogen) atoms. The lowest BCUT2D eigenvalue weighted by molar-refractivity contribution is -0.133. The first-order chi connectivity index (χ1) is 13.4. The van der Waals surface area contributed by atoms with Gasteiger partial charge in [0.05, 0.1) is 6.04 Å². The molecular weight excluding hydrogens is 350 g/mol. The molecule has 0 aliphatic rings. The van der Waals surface area contributed by atoms with Gasteiger partial charge in [-0.05, 0) is 36.2 Å². The summed E-state index contributed by atoms with van der Waals surface area (Å²) in [5, 5.41) is 2.91. The Hall–Kier alpha value is -2.82. The van der Waals surface area contributed by atoms with E-state index >= 15 is 0 Å². The maximum atomic E-state index is 12.8. The van der Waals surface area contributed by atoms with Crippen molar-refractivity contribution in [1.29, 1.82) is 0 Å². The molecule has 0 saturated heterocycles. The number of carbonyl (C=O) groups is 2. The van der Waals surface area contributed by atoms with E-state index in [1.807, 2.05) is 86.3 Å². The van der Waals surface area contributed by atoms with Gasteiger partial charge in [0.1, 0.15) is 0 Å². The van der Waals surface area contributed by atoms with Crippen LogP contribution in [-0.4, -0.2) is 30.8 Å². The number of benzene rings is 2. The van der Waals surface area contributed by atoms with Gasteiger partial charge in [0, 0.05) is 44.9 Å². The Kier molecular flexibility index (Phi) is 7.61. The van der Waals surface area contributed by atoms with Gasteiger partial charge in [-0.2, -0.15) is 0 Å². The smallest absolute Gasteiger partial charge is 0.224 e. The zero-order valence-electron chi connectivity index (χ0n) is 17.5. The third-order valence-electron chi connectivity index (χ3n) is 4.88. The molecule has 0 aromatic heterocycles. The average molecular weight is 382 g/mol. The third kappa shape index (κ3) is 5.35. The number of hydrogen-bond acceptors (Lipinski definition) is 3. The first-order valence-electron chi connectivity index (χ1n) is 9.81. The number of carbonyl (C=O) groups excluding carboxylic acids is 2. The van der Waals surface area contributed by atoms with Crippen LogP contribution in [0.1, 0.15) is 50.8 Å². The topological polar surface area (TPSA) is 52.7 Å². The zero-order chi connectivity index (χ0) is 20.7. The summed E-state index contributed by atoms with van der Waals surface area (Å²) >= 11 is 0. The molecule has 0 aliphatic carbocycles. The molecule has 5 heteroatoms. The Labute approximate surface area is 168 Å². The van der Waals surface area contributed by atoms with E-state index in [0.29, 0.717) is 19.4 Å². The van der Waals surface area contributed by atoms with E-state index in [1.54, 1.807) is 0 Å². The minimum absolute atomic E-state index is 0.0253. The van der Waals surface area contributed by atoms with E-state index < -0.39 is 0 Å². The third-order valence-corrected chi connectivity index (χ3v) is 4.88. The molecule has 2 amide bonds. The quantitative estimate of drug-likeness (QED) is 0.727. The highest BCUT2D eigenvalue weighted by Gasteiger charge is 2.22. The predicted molar refractivity (Wildman–Crippen MR) is 115 cm³/mol. The SMILES string of the molecule is CCC(=O)Nc1ccc(N(C)C)c(CN(C(=O)CC)C(C)c2ccccc2)c1. The van der Waals surface area contributed by atoms with Crippen molar-refractivity contribution < 1.29 is 9.59 Å². The molecule has 0 fully saturated rings. The molecule has 5 nitrogen and oxygen atoms in total. The van der Waals surface area contributed by atoms with Gasteiger partial charge in [0.2, 0.25) is 11.8 Å². The van der Waals surface area contributed by atoms with E-state index in [0.717, 1.165) is 22.5 Å². The first-order valence-corrected chi connectivity index (χ1v) is 9.81. The van der Waals surface area contributed by atoms with Crippen molar-refractivity contribution in [2.45, 2.75) is 46.2 Å². The number of hydrogen-bond donors (Lipinski definition) is 1. The van der Waals surface area contributed by atoms with Crippen LogP contribution in [0.15, 0.2) is 48.5 Å². The second kappa shape index (κ2) is 9.93. The normalized spacial score (nSPS) is 11.6. The Morgan fingerprint density at radius 1 is 1.00 bits per heavy atom. The monoisotopic (exact) mass is 381 g/mol. The van der Waals surface area contributed by atoms with Crippen molar-refractivity contribution in [1.82, 2.24) is 4.90 Å². The van der Waals surface area contributed by atoms with Crippen LogP contribution in [-0.2, 0) is 16.1 Å². The summed E-state index contributed by atoms with van der Waals surface area (Å²) in [5.74, 6) is 0.0757. The van der Waals surface area contributed by atoms with E-state index in [2.05, 4.69) is 12.2 Å². The highest BCUT2D eigenvalue weighted by Crippen LogP contribution is 2.29. The molecule has 0 bridgehead atoms. The molecule has 0 aliphatic heterocycles. The van der Waals surface area contributed by atoms with Gasteiger partial charge in [0.15, 0.2) is 0 Å². The minimum atomic E-state index is -0.0439. The summed E-state index contributed by atoms with van der Waals surface area (Å²) in [6, 6.07) is 15.9. The van der Waals surface area contributed by atoms with Gasteiger partial charge in [-0.3, -0.25) is 9.59 Å². The highest BCUT2D eigenvalue weighted by atomic mass is 16.2. The number of nitrogens with zero attached hydrogens (tertiary/aromatic N) is 2. The maximum absolute atomic E-state index is 12.8. The summed E-state index contributed by atoms with van der Waals surface area (Å²) < 4.78 is 0. The molecule has 1 atom stereocenters. The summed E-state index contributed by atoms with van der Waals surface area (Å²) in [6.07, 6.45) is 0.872. The van der Waals surface area contributed by atoms with E-state index in [9.17, 15) is 9.59 Å². The molecule has 0 spiro atoms. The summed E-state index contributed by atoms with van der Waals surface area (Å²) in [4.78, 5) is 28.5. The first kappa shape index (κ1) is 21.5. The lowest BCUT2D eigenvalue weighted by Gasteiger charge is -2.31. The Bertz CT molecular complexity index is 803. The molecule has 1 N–H and O–H groups in total. The summed E-state index contributed by atoms with van der Waals surface area (Å²) in [5.41, 5.74) is 3.89. The van der Waals surface area contributed by atoms with Gasteiger partial charge in [0.25, 0.3) is 0 Å². The molecule has 0 saturated carbocycles. The predicted octanol–water partition coefficient (Wildman–Crippen LogP) is 4.60. The number of amides is 2. The lowest BCUT2D eigenvalue weighted by atomic mass is 10.0. The second-order valence-corrected chi connectivity index (χ2v) is 7.10. The highest BCUT2D eigenvalue weighted by molar-refractivity contribution is 5.91. The van der Waals surface area contributed by atoms with E-state index in [1.165, 1.54) is 0 Å². The van der Waals surface area contributed by atoms with Crippen molar-refractivity contribution >= 4 is 23.2 Å². The summed E-state index contributed by atoms with van der Waals surface area (Å²) in [7, 11) is 3.96. The summed E-state index contributed by atoms with van der Waals surface area (Å²) in [6.45, 7) is 6.25. The van der Waals surface area contributed by atoms with Gasteiger partial charge in [-0.25, -0.2) is 0 Å². The molecule has 1 unspecified atom stereocenters. The molecule has 150 valence electrons. The average Bonchev–Trinajstić information content (AvgIpc) is 2.71. The molecule has 2 aromatic rings. The standard InChI is InChI=1S/C23H31N3O2/c1-6-22(27)24-20-13-14-21(25(4)5)19(15-20)16-26(23(28)7-2)17(3)18-11-9-8-10-12-18/h8-15,17H,6-7,16H2,1-5H3,(H,24,27). The van der Waals surface area contributed by atoms with E-state index in [4.69, 9.17) is 0 Å². The van der Waals surface area contributed by atoms with Gasteiger partial charge < -0.3 is 15.1 Å². The van der Waals surface area contributed by atoms with Crippen LogP contribution in [0.2, 0.25) is 0 Å². The molecule has 0 heterocycles. The van der Waals surface area contributed by atoms with Crippen molar-refractivity contribution in [2.75, 3.05) is 24.3 Å². The van der Waals surface area contributed by atoms with E-state index in [-0.39, 0.29) is 17.9 Å². The van der Waals surface area contributed by atoms with Crippen molar-refractivity contribution in [2.24, 2.45) is 0 Å². The Morgan fingerprint density at radius 3 is 2.25 bits per heavy atom. The minimum Gasteiger partial charge on any atom is -0.377 e. The van der Waals surface area contributed by atoms with Crippen LogP contribution >= 0.6 is 0 Å². The van der Waals surface area contributed by atoms with Crippen molar-refractivity contribution in [3.63, 3.8) is 0 Å². The lowest BCUT2D eigenvalue weighted by Crippen LogP contribution is -2.33. The van der Waals surface area contributed by atoms with Crippen LogP contribution < -0.4 is 10.2 Å². The zero-order valence-corrected chi connectivity index (χ0v) is 17.5. The fraction of sp³-hybridized carbons (Fsp3) is 0.391. The van der Waals surface area contributed by atoms with Crippen LogP contribution in [0, 0.1) is 0 Å². The molecule has 2 rings (SSSR count). The van der Waals surface area contributed by atoms with Gasteiger partial charge in [-0.15, -0.1) is 0 Å². The van der Waals surface area contributed by atoms with Gasteiger partial charge >= 0.3 is 0 Å².